The van der Waals surface area contributed by atoms with Crippen LogP contribution in [0.15, 0.2) is 28.2 Å². The van der Waals surface area contributed by atoms with Gasteiger partial charge in [-0.2, -0.15) is 0 Å². The zero-order valence-corrected chi connectivity index (χ0v) is 11.0. The van der Waals surface area contributed by atoms with E-state index in [0.717, 1.165) is 14.2 Å². The number of aromatic carboxylic acids is 1. The molecule has 2 aromatic heterocycles. The van der Waals surface area contributed by atoms with Crippen LogP contribution in [0.3, 0.4) is 0 Å². The molecule has 0 spiro atoms. The van der Waals surface area contributed by atoms with Crippen molar-refractivity contribution >= 4 is 33.2 Å². The molecule has 0 unspecified atom stereocenters. The fraction of sp³-hybridized carbons (Fsp3) is 0.182. The number of nitrogens with zero attached hydrogens (tertiary/aromatic N) is 1. The molecule has 16 heavy (non-hydrogen) atoms. The van der Waals surface area contributed by atoms with Gasteiger partial charge in [0.2, 0.25) is 0 Å². The average Bonchev–Trinajstić information content (AvgIpc) is 2.74. The van der Waals surface area contributed by atoms with Crippen molar-refractivity contribution in [3.05, 3.63) is 44.3 Å². The fourth-order valence-electron chi connectivity index (χ4n) is 1.61. The van der Waals surface area contributed by atoms with Crippen molar-refractivity contribution in [1.29, 1.82) is 0 Å². The molecule has 0 aliphatic carbocycles. The monoisotopic (exact) mass is 299 g/mol. The van der Waals surface area contributed by atoms with Crippen molar-refractivity contribution in [3.8, 4) is 0 Å². The van der Waals surface area contributed by atoms with Crippen LogP contribution in [0.1, 0.15) is 20.9 Å². The SMILES string of the molecule is Cc1ccn(Cc2ccc(Br)s2)c1C(=O)O. The molecule has 84 valence electrons. The third kappa shape index (κ3) is 2.20. The van der Waals surface area contributed by atoms with Crippen LogP contribution in [0.2, 0.25) is 0 Å². The van der Waals surface area contributed by atoms with Gasteiger partial charge >= 0.3 is 5.97 Å². The Morgan fingerprint density at radius 3 is 2.81 bits per heavy atom. The van der Waals surface area contributed by atoms with Crippen LogP contribution in [0.25, 0.3) is 0 Å². The maximum Gasteiger partial charge on any atom is 0.352 e. The number of aryl methyl sites for hydroxylation is 1. The standard InChI is InChI=1S/C11H10BrNO2S/c1-7-4-5-13(10(7)11(14)15)6-8-2-3-9(12)16-8/h2-5H,6H2,1H3,(H,14,15). The van der Waals surface area contributed by atoms with E-state index < -0.39 is 5.97 Å². The maximum atomic E-state index is 11.1. The Morgan fingerprint density at radius 2 is 2.25 bits per heavy atom. The molecular weight excluding hydrogens is 290 g/mol. The Balaban J connectivity index is 2.31. The van der Waals surface area contributed by atoms with E-state index in [2.05, 4.69) is 15.9 Å². The third-order valence-corrected chi connectivity index (χ3v) is 3.93. The first-order valence-electron chi connectivity index (χ1n) is 4.71. The number of hydrogen-bond donors (Lipinski definition) is 1. The van der Waals surface area contributed by atoms with E-state index in [1.807, 2.05) is 31.3 Å². The molecule has 5 heteroatoms. The number of rotatable bonds is 3. The normalized spacial score (nSPS) is 10.6. The second-order valence-electron chi connectivity index (χ2n) is 3.49. The fourth-order valence-corrected chi connectivity index (χ4v) is 3.09. The molecule has 0 aromatic carbocycles. The second kappa shape index (κ2) is 4.43. The van der Waals surface area contributed by atoms with E-state index in [4.69, 9.17) is 5.11 Å². The van der Waals surface area contributed by atoms with Crippen LogP contribution >= 0.6 is 27.3 Å². The lowest BCUT2D eigenvalue weighted by Gasteiger charge is -2.04. The van der Waals surface area contributed by atoms with Crippen molar-refractivity contribution in [3.63, 3.8) is 0 Å². The lowest BCUT2D eigenvalue weighted by molar-refractivity contribution is 0.0685. The molecule has 0 aliphatic heterocycles. The molecule has 0 saturated heterocycles. The molecule has 0 radical (unpaired) electrons. The number of carbonyl (C=O) groups is 1. The molecule has 2 heterocycles. The van der Waals surface area contributed by atoms with Crippen LogP contribution in [0.5, 0.6) is 0 Å². The predicted octanol–water partition coefficient (Wildman–Crippen LogP) is 3.37. The van der Waals surface area contributed by atoms with Gasteiger partial charge in [0, 0.05) is 11.1 Å². The molecule has 0 aliphatic rings. The number of carboxylic acid groups (broad SMARTS) is 1. The van der Waals surface area contributed by atoms with E-state index in [-0.39, 0.29) is 0 Å². The summed E-state index contributed by atoms with van der Waals surface area (Å²) in [6, 6.07) is 5.79. The summed E-state index contributed by atoms with van der Waals surface area (Å²) >= 11 is 5.01. The van der Waals surface area contributed by atoms with Crippen molar-refractivity contribution in [2.75, 3.05) is 0 Å². The third-order valence-electron chi connectivity index (χ3n) is 2.32. The number of aromatic nitrogens is 1. The van der Waals surface area contributed by atoms with Crippen LogP contribution in [0.4, 0.5) is 0 Å². The highest BCUT2D eigenvalue weighted by Crippen LogP contribution is 2.23. The minimum absolute atomic E-state index is 0.365. The zero-order chi connectivity index (χ0) is 11.7. The molecule has 0 amide bonds. The molecule has 2 rings (SSSR count). The topological polar surface area (TPSA) is 42.2 Å². The second-order valence-corrected chi connectivity index (χ2v) is 6.03. The Morgan fingerprint density at radius 1 is 1.50 bits per heavy atom. The molecule has 1 N–H and O–H groups in total. The van der Waals surface area contributed by atoms with Gasteiger partial charge in [0.1, 0.15) is 5.69 Å². The van der Waals surface area contributed by atoms with Crippen LogP contribution < -0.4 is 0 Å². The van der Waals surface area contributed by atoms with Gasteiger partial charge in [-0.25, -0.2) is 4.79 Å². The Labute approximate surface area is 105 Å². The minimum atomic E-state index is -0.877. The summed E-state index contributed by atoms with van der Waals surface area (Å²) in [5, 5.41) is 9.09. The Bertz CT molecular complexity index is 530. The van der Waals surface area contributed by atoms with Crippen molar-refractivity contribution in [2.24, 2.45) is 0 Å². The van der Waals surface area contributed by atoms with E-state index in [1.54, 1.807) is 15.9 Å². The smallest absolute Gasteiger partial charge is 0.352 e. The summed E-state index contributed by atoms with van der Waals surface area (Å²) in [7, 11) is 0. The van der Waals surface area contributed by atoms with E-state index >= 15 is 0 Å². The first-order chi connectivity index (χ1) is 7.58. The van der Waals surface area contributed by atoms with Gasteiger partial charge in [0.25, 0.3) is 0 Å². The lowest BCUT2D eigenvalue weighted by Crippen LogP contribution is -2.09. The van der Waals surface area contributed by atoms with Gasteiger partial charge < -0.3 is 9.67 Å². The lowest BCUT2D eigenvalue weighted by atomic mass is 10.3. The maximum absolute atomic E-state index is 11.1. The molecule has 3 nitrogen and oxygen atoms in total. The van der Waals surface area contributed by atoms with Crippen molar-refractivity contribution in [2.45, 2.75) is 13.5 Å². The Kier molecular flexibility index (Phi) is 3.16. The van der Waals surface area contributed by atoms with E-state index in [0.29, 0.717) is 12.2 Å². The van der Waals surface area contributed by atoms with Crippen LogP contribution in [-0.2, 0) is 6.54 Å². The first-order valence-corrected chi connectivity index (χ1v) is 6.32. The summed E-state index contributed by atoms with van der Waals surface area (Å²) in [5.74, 6) is -0.877. The molecule has 0 fully saturated rings. The van der Waals surface area contributed by atoms with Crippen molar-refractivity contribution < 1.29 is 9.90 Å². The first kappa shape index (κ1) is 11.4. The predicted molar refractivity (Wildman–Crippen MR) is 67.2 cm³/mol. The van der Waals surface area contributed by atoms with E-state index in [9.17, 15) is 4.79 Å². The molecule has 0 saturated carbocycles. The quantitative estimate of drug-likeness (QED) is 0.944. The number of carboxylic acids is 1. The van der Waals surface area contributed by atoms with Gasteiger partial charge in [0.05, 0.1) is 10.3 Å². The highest BCUT2D eigenvalue weighted by molar-refractivity contribution is 9.11. The summed E-state index contributed by atoms with van der Waals surface area (Å²) in [4.78, 5) is 12.2. The minimum Gasteiger partial charge on any atom is -0.477 e. The van der Waals surface area contributed by atoms with Crippen LogP contribution in [-0.4, -0.2) is 15.6 Å². The van der Waals surface area contributed by atoms with Crippen molar-refractivity contribution in [1.82, 2.24) is 4.57 Å². The van der Waals surface area contributed by atoms with Gasteiger partial charge in [-0.3, -0.25) is 0 Å². The van der Waals surface area contributed by atoms with Gasteiger partial charge in [-0.05, 0) is 46.6 Å². The Hall–Kier alpha value is -1.07. The number of hydrogen-bond acceptors (Lipinski definition) is 2. The highest BCUT2D eigenvalue weighted by Gasteiger charge is 2.13. The summed E-state index contributed by atoms with van der Waals surface area (Å²) in [5.41, 5.74) is 1.16. The zero-order valence-electron chi connectivity index (χ0n) is 8.61. The number of halogens is 1. The van der Waals surface area contributed by atoms with Gasteiger partial charge in [-0.15, -0.1) is 11.3 Å². The number of thiophene rings is 1. The van der Waals surface area contributed by atoms with Gasteiger partial charge in [-0.1, -0.05) is 0 Å². The largest absolute Gasteiger partial charge is 0.477 e. The average molecular weight is 300 g/mol. The molecular formula is C11H10BrNO2S. The summed E-state index contributed by atoms with van der Waals surface area (Å²) in [6.45, 7) is 2.41. The summed E-state index contributed by atoms with van der Waals surface area (Å²) in [6.07, 6.45) is 1.81. The molecule has 0 bridgehead atoms. The highest BCUT2D eigenvalue weighted by atomic mass is 79.9. The van der Waals surface area contributed by atoms with Crippen LogP contribution in [0, 0.1) is 6.92 Å². The van der Waals surface area contributed by atoms with E-state index in [1.165, 1.54) is 0 Å². The molecule has 0 atom stereocenters. The molecule has 2 aromatic rings. The summed E-state index contributed by atoms with van der Waals surface area (Å²) < 4.78 is 2.82. The van der Waals surface area contributed by atoms with Gasteiger partial charge in [0.15, 0.2) is 0 Å².